The fraction of sp³-hybridized carbons (Fsp3) is 0.750. The van der Waals surface area contributed by atoms with Gasteiger partial charge in [-0.15, -0.1) is 6.58 Å². The lowest BCUT2D eigenvalue weighted by Gasteiger charge is -2.36. The van der Waals surface area contributed by atoms with Crippen molar-refractivity contribution >= 4 is 0 Å². The monoisotopic (exact) mass is 142 g/mol. The average Bonchev–Trinajstić information content (AvgIpc) is 1.96. The Balaban J connectivity index is 2.62. The number of hydrogen-bond acceptors (Lipinski definition) is 2. The van der Waals surface area contributed by atoms with Crippen LogP contribution in [0.3, 0.4) is 0 Å². The van der Waals surface area contributed by atoms with Crippen LogP contribution in [-0.4, -0.2) is 24.9 Å². The fourth-order valence-electron chi connectivity index (χ4n) is 0.994. The molecule has 2 unspecified atom stereocenters. The lowest BCUT2D eigenvalue weighted by atomic mass is 10.00. The van der Waals surface area contributed by atoms with Gasteiger partial charge in [0.2, 0.25) is 0 Å². The van der Waals surface area contributed by atoms with E-state index >= 15 is 0 Å². The topological polar surface area (TPSA) is 18.5 Å². The van der Waals surface area contributed by atoms with Gasteiger partial charge < -0.3 is 9.47 Å². The van der Waals surface area contributed by atoms with E-state index in [9.17, 15) is 0 Å². The molecule has 0 spiro atoms. The van der Waals surface area contributed by atoms with Gasteiger partial charge in [-0.3, -0.25) is 0 Å². The second kappa shape index (κ2) is 2.72. The Hall–Kier alpha value is -0.340. The summed E-state index contributed by atoms with van der Waals surface area (Å²) in [5.41, 5.74) is -0.280. The number of rotatable bonds is 1. The first-order valence-corrected chi connectivity index (χ1v) is 3.58. The molecule has 0 aromatic carbocycles. The zero-order valence-corrected chi connectivity index (χ0v) is 6.59. The molecule has 0 aliphatic carbocycles. The molecule has 1 aliphatic rings. The molecular formula is C8H14O2. The summed E-state index contributed by atoms with van der Waals surface area (Å²) in [4.78, 5) is 0. The zero-order valence-electron chi connectivity index (χ0n) is 6.59. The molecule has 2 atom stereocenters. The zero-order chi connectivity index (χ0) is 7.61. The predicted octanol–water partition coefficient (Wildman–Crippen LogP) is 1.37. The molecule has 1 saturated heterocycles. The summed E-state index contributed by atoms with van der Waals surface area (Å²) in [5, 5.41) is 0. The van der Waals surface area contributed by atoms with Crippen LogP contribution in [0.1, 0.15) is 13.8 Å². The highest BCUT2D eigenvalue weighted by Gasteiger charge is 2.32. The molecule has 10 heavy (non-hydrogen) atoms. The van der Waals surface area contributed by atoms with E-state index in [1.807, 2.05) is 13.8 Å². The minimum absolute atomic E-state index is 0.124. The third-order valence-corrected chi connectivity index (χ3v) is 2.08. The second-order valence-corrected chi connectivity index (χ2v) is 2.75. The highest BCUT2D eigenvalue weighted by molar-refractivity contribution is 4.99. The van der Waals surface area contributed by atoms with Crippen LogP contribution in [0, 0.1) is 0 Å². The van der Waals surface area contributed by atoms with Gasteiger partial charge in [-0.2, -0.15) is 0 Å². The van der Waals surface area contributed by atoms with Crippen molar-refractivity contribution in [1.29, 1.82) is 0 Å². The molecule has 1 aliphatic heterocycles. The van der Waals surface area contributed by atoms with Crippen LogP contribution >= 0.6 is 0 Å². The molecule has 1 rings (SSSR count). The molecule has 2 nitrogen and oxygen atoms in total. The van der Waals surface area contributed by atoms with Crippen molar-refractivity contribution in [2.75, 3.05) is 13.2 Å². The Labute approximate surface area is 61.8 Å². The molecule has 0 bridgehead atoms. The first-order valence-electron chi connectivity index (χ1n) is 3.58. The van der Waals surface area contributed by atoms with Crippen LogP contribution in [0.25, 0.3) is 0 Å². The van der Waals surface area contributed by atoms with Crippen molar-refractivity contribution in [2.45, 2.75) is 25.6 Å². The van der Waals surface area contributed by atoms with Crippen LogP contribution in [0.15, 0.2) is 12.7 Å². The van der Waals surface area contributed by atoms with Crippen molar-refractivity contribution in [3.8, 4) is 0 Å². The summed E-state index contributed by atoms with van der Waals surface area (Å²) >= 11 is 0. The maximum Gasteiger partial charge on any atom is 0.109 e. The van der Waals surface area contributed by atoms with Gasteiger partial charge in [-0.05, 0) is 13.8 Å². The van der Waals surface area contributed by atoms with Crippen molar-refractivity contribution in [3.05, 3.63) is 12.7 Å². The van der Waals surface area contributed by atoms with Crippen molar-refractivity contribution in [3.63, 3.8) is 0 Å². The number of hydrogen-bond donors (Lipinski definition) is 0. The highest BCUT2D eigenvalue weighted by Crippen LogP contribution is 2.22. The first kappa shape index (κ1) is 7.76. The molecule has 0 aromatic rings. The van der Waals surface area contributed by atoms with Crippen LogP contribution in [-0.2, 0) is 9.47 Å². The van der Waals surface area contributed by atoms with Gasteiger partial charge in [0.15, 0.2) is 0 Å². The quantitative estimate of drug-likeness (QED) is 0.515. The minimum Gasteiger partial charge on any atom is -0.373 e. The smallest absolute Gasteiger partial charge is 0.109 e. The van der Waals surface area contributed by atoms with E-state index in [0.717, 1.165) is 0 Å². The summed E-state index contributed by atoms with van der Waals surface area (Å²) in [6.45, 7) is 9.06. The van der Waals surface area contributed by atoms with E-state index in [4.69, 9.17) is 9.47 Å². The summed E-state index contributed by atoms with van der Waals surface area (Å²) in [6, 6.07) is 0. The van der Waals surface area contributed by atoms with Crippen LogP contribution < -0.4 is 0 Å². The third kappa shape index (κ3) is 1.22. The maximum atomic E-state index is 5.48. The molecule has 1 fully saturated rings. The van der Waals surface area contributed by atoms with Gasteiger partial charge in [0, 0.05) is 0 Å². The van der Waals surface area contributed by atoms with E-state index in [2.05, 4.69) is 6.58 Å². The Kier molecular flexibility index (Phi) is 2.11. The lowest BCUT2D eigenvalue weighted by Crippen LogP contribution is -2.45. The molecule has 0 amide bonds. The highest BCUT2D eigenvalue weighted by atomic mass is 16.6. The minimum atomic E-state index is -0.280. The summed E-state index contributed by atoms with van der Waals surface area (Å²) < 4.78 is 10.9. The van der Waals surface area contributed by atoms with Gasteiger partial charge in [0.05, 0.1) is 19.3 Å². The largest absolute Gasteiger partial charge is 0.373 e. The number of ether oxygens (including phenoxy) is 2. The maximum absolute atomic E-state index is 5.48. The van der Waals surface area contributed by atoms with E-state index in [1.54, 1.807) is 6.08 Å². The molecule has 2 heteroatoms. The van der Waals surface area contributed by atoms with Gasteiger partial charge in [0.1, 0.15) is 5.60 Å². The first-order chi connectivity index (χ1) is 4.69. The molecular weight excluding hydrogens is 128 g/mol. The fourth-order valence-corrected chi connectivity index (χ4v) is 0.994. The SMILES string of the molecule is C=CC1(C)OCCOC1C. The van der Waals surface area contributed by atoms with Crippen molar-refractivity contribution < 1.29 is 9.47 Å². The van der Waals surface area contributed by atoms with Crippen LogP contribution in [0.4, 0.5) is 0 Å². The molecule has 58 valence electrons. The molecule has 0 saturated carbocycles. The summed E-state index contributed by atoms with van der Waals surface area (Å²) in [6.07, 6.45) is 1.93. The third-order valence-electron chi connectivity index (χ3n) is 2.08. The normalized spacial score (nSPS) is 41.2. The van der Waals surface area contributed by atoms with E-state index in [0.29, 0.717) is 13.2 Å². The molecule has 0 radical (unpaired) electrons. The van der Waals surface area contributed by atoms with Gasteiger partial charge in [-0.1, -0.05) is 6.08 Å². The van der Waals surface area contributed by atoms with E-state index < -0.39 is 0 Å². The summed E-state index contributed by atoms with van der Waals surface area (Å²) in [7, 11) is 0. The van der Waals surface area contributed by atoms with Gasteiger partial charge in [0.25, 0.3) is 0 Å². The molecule has 1 heterocycles. The van der Waals surface area contributed by atoms with E-state index in [-0.39, 0.29) is 11.7 Å². The van der Waals surface area contributed by atoms with Gasteiger partial charge in [-0.25, -0.2) is 0 Å². The Morgan fingerprint density at radius 2 is 2.30 bits per heavy atom. The molecule has 0 aromatic heterocycles. The van der Waals surface area contributed by atoms with E-state index in [1.165, 1.54) is 0 Å². The van der Waals surface area contributed by atoms with Crippen LogP contribution in [0.5, 0.6) is 0 Å². The van der Waals surface area contributed by atoms with Crippen LogP contribution in [0.2, 0.25) is 0 Å². The predicted molar refractivity (Wildman–Crippen MR) is 40.0 cm³/mol. The summed E-state index contributed by atoms with van der Waals surface area (Å²) in [5.74, 6) is 0. The standard InChI is InChI=1S/C8H14O2/c1-4-8(3)7(2)9-5-6-10-8/h4,7H,1,5-6H2,2-3H3. The Bertz CT molecular complexity index is 133. The van der Waals surface area contributed by atoms with Crippen molar-refractivity contribution in [1.82, 2.24) is 0 Å². The average molecular weight is 142 g/mol. The van der Waals surface area contributed by atoms with Crippen molar-refractivity contribution in [2.24, 2.45) is 0 Å². The molecule has 0 N–H and O–H groups in total. The second-order valence-electron chi connectivity index (χ2n) is 2.75. The van der Waals surface area contributed by atoms with Gasteiger partial charge >= 0.3 is 0 Å². The Morgan fingerprint density at radius 1 is 1.60 bits per heavy atom. The lowest BCUT2D eigenvalue weighted by molar-refractivity contribution is -0.164. The Morgan fingerprint density at radius 3 is 2.70 bits per heavy atom.